The van der Waals surface area contributed by atoms with Crippen molar-refractivity contribution in [3.05, 3.63) is 59.7 Å². The van der Waals surface area contributed by atoms with Gasteiger partial charge < -0.3 is 10.1 Å². The summed E-state index contributed by atoms with van der Waals surface area (Å²) in [6.07, 6.45) is 0. The monoisotopic (exact) mass is 337 g/mol. The van der Waals surface area contributed by atoms with Crippen molar-refractivity contribution in [1.82, 2.24) is 5.32 Å². The highest BCUT2D eigenvalue weighted by molar-refractivity contribution is 8.00. The summed E-state index contributed by atoms with van der Waals surface area (Å²) >= 11 is 1.31. The Bertz CT molecular complexity index is 677. The number of methoxy groups -OCH3 is 1. The fourth-order valence-corrected chi connectivity index (χ4v) is 2.71. The van der Waals surface area contributed by atoms with Gasteiger partial charge in [-0.05, 0) is 48.9 Å². The van der Waals surface area contributed by atoms with Crippen LogP contribution >= 0.6 is 11.8 Å². The number of nitrogens with one attached hydrogen (secondary N) is 1. The Labute approximate surface area is 138 Å². The standard InChI is InChI=1S/C17H17F2NO2S/c1-11(12-3-8-16(22-2)15(19)9-12)20-17(21)10-23-14-6-4-13(18)5-7-14/h3-9,11H,10H2,1-2H3,(H,20,21)/t11-/m1/s1. The molecule has 0 aliphatic carbocycles. The summed E-state index contributed by atoms with van der Waals surface area (Å²) in [5, 5.41) is 2.80. The van der Waals surface area contributed by atoms with Crippen LogP contribution in [0.1, 0.15) is 18.5 Å². The zero-order valence-corrected chi connectivity index (χ0v) is 13.6. The van der Waals surface area contributed by atoms with E-state index in [0.29, 0.717) is 5.56 Å². The zero-order valence-electron chi connectivity index (χ0n) is 12.8. The smallest absolute Gasteiger partial charge is 0.230 e. The van der Waals surface area contributed by atoms with E-state index in [4.69, 9.17) is 4.74 Å². The molecule has 1 atom stereocenters. The molecule has 2 aromatic carbocycles. The average molecular weight is 337 g/mol. The number of ether oxygens (including phenoxy) is 1. The molecule has 2 rings (SSSR count). The van der Waals surface area contributed by atoms with Crippen LogP contribution in [0.5, 0.6) is 5.75 Å². The van der Waals surface area contributed by atoms with Crippen molar-refractivity contribution >= 4 is 17.7 Å². The van der Waals surface area contributed by atoms with Crippen molar-refractivity contribution in [1.29, 1.82) is 0 Å². The summed E-state index contributed by atoms with van der Waals surface area (Å²) in [7, 11) is 1.40. The van der Waals surface area contributed by atoms with Gasteiger partial charge in [-0.15, -0.1) is 11.8 Å². The number of rotatable bonds is 6. The van der Waals surface area contributed by atoms with Crippen LogP contribution in [-0.4, -0.2) is 18.8 Å². The number of hydrogen-bond donors (Lipinski definition) is 1. The predicted molar refractivity (Wildman–Crippen MR) is 86.6 cm³/mol. The van der Waals surface area contributed by atoms with Gasteiger partial charge in [-0.2, -0.15) is 0 Å². The maximum atomic E-state index is 13.7. The van der Waals surface area contributed by atoms with Crippen LogP contribution in [0.25, 0.3) is 0 Å². The predicted octanol–water partition coefficient (Wildman–Crippen LogP) is 3.94. The van der Waals surface area contributed by atoms with Gasteiger partial charge >= 0.3 is 0 Å². The van der Waals surface area contributed by atoms with Crippen LogP contribution in [0.2, 0.25) is 0 Å². The summed E-state index contributed by atoms with van der Waals surface area (Å²) in [6.45, 7) is 1.78. The van der Waals surface area contributed by atoms with Gasteiger partial charge in [0.05, 0.1) is 18.9 Å². The molecule has 0 bridgehead atoms. The zero-order chi connectivity index (χ0) is 16.8. The third-order valence-electron chi connectivity index (χ3n) is 3.24. The molecule has 0 aromatic heterocycles. The van der Waals surface area contributed by atoms with E-state index in [1.54, 1.807) is 25.1 Å². The number of carbonyl (C=O) groups excluding carboxylic acids is 1. The first-order valence-corrected chi connectivity index (χ1v) is 7.99. The van der Waals surface area contributed by atoms with Crippen molar-refractivity contribution in [2.45, 2.75) is 17.9 Å². The fraction of sp³-hybridized carbons (Fsp3) is 0.235. The minimum absolute atomic E-state index is 0.166. The Morgan fingerprint density at radius 3 is 2.52 bits per heavy atom. The Kier molecular flexibility index (Phi) is 5.98. The summed E-state index contributed by atoms with van der Waals surface area (Å²) < 4.78 is 31.3. The summed E-state index contributed by atoms with van der Waals surface area (Å²) in [6, 6.07) is 10.2. The molecule has 1 amide bonds. The van der Waals surface area contributed by atoms with Crippen LogP contribution in [0, 0.1) is 11.6 Å². The molecule has 0 saturated heterocycles. The molecule has 0 heterocycles. The molecule has 0 unspecified atom stereocenters. The lowest BCUT2D eigenvalue weighted by Crippen LogP contribution is -2.28. The van der Waals surface area contributed by atoms with Crippen LogP contribution in [0.4, 0.5) is 8.78 Å². The maximum Gasteiger partial charge on any atom is 0.230 e. The fourth-order valence-electron chi connectivity index (χ4n) is 2.00. The Morgan fingerprint density at radius 1 is 1.22 bits per heavy atom. The average Bonchev–Trinajstić information content (AvgIpc) is 2.54. The highest BCUT2D eigenvalue weighted by Gasteiger charge is 2.12. The van der Waals surface area contributed by atoms with E-state index in [9.17, 15) is 13.6 Å². The highest BCUT2D eigenvalue weighted by Crippen LogP contribution is 2.22. The molecule has 3 nitrogen and oxygen atoms in total. The molecule has 2 aromatic rings. The molecule has 1 N–H and O–H groups in total. The second-order valence-corrected chi connectivity index (χ2v) is 5.97. The first kappa shape index (κ1) is 17.3. The highest BCUT2D eigenvalue weighted by atomic mass is 32.2. The first-order chi connectivity index (χ1) is 11.0. The van der Waals surface area contributed by atoms with Gasteiger partial charge in [-0.1, -0.05) is 6.07 Å². The summed E-state index contributed by atoms with van der Waals surface area (Å²) in [5.74, 6) is -0.586. The number of carbonyl (C=O) groups is 1. The van der Waals surface area contributed by atoms with Crippen molar-refractivity contribution in [3.8, 4) is 5.75 Å². The van der Waals surface area contributed by atoms with Gasteiger partial charge in [0.1, 0.15) is 5.82 Å². The van der Waals surface area contributed by atoms with Crippen LogP contribution in [0.3, 0.4) is 0 Å². The lowest BCUT2D eigenvalue weighted by atomic mass is 10.1. The van der Waals surface area contributed by atoms with Crippen LogP contribution in [-0.2, 0) is 4.79 Å². The molecular formula is C17H17F2NO2S. The van der Waals surface area contributed by atoms with Crippen molar-refractivity contribution in [3.63, 3.8) is 0 Å². The lowest BCUT2D eigenvalue weighted by molar-refractivity contribution is -0.119. The van der Waals surface area contributed by atoms with E-state index in [-0.39, 0.29) is 29.3 Å². The van der Waals surface area contributed by atoms with E-state index >= 15 is 0 Å². The van der Waals surface area contributed by atoms with Gasteiger partial charge in [0, 0.05) is 4.90 Å². The molecule has 0 radical (unpaired) electrons. The summed E-state index contributed by atoms with van der Waals surface area (Å²) in [5.41, 5.74) is 0.656. The van der Waals surface area contributed by atoms with E-state index < -0.39 is 5.82 Å². The van der Waals surface area contributed by atoms with Gasteiger partial charge in [-0.25, -0.2) is 8.78 Å². The van der Waals surface area contributed by atoms with Crippen molar-refractivity contribution in [2.75, 3.05) is 12.9 Å². The Morgan fingerprint density at radius 2 is 1.91 bits per heavy atom. The van der Waals surface area contributed by atoms with Gasteiger partial charge in [0.15, 0.2) is 11.6 Å². The topological polar surface area (TPSA) is 38.3 Å². The SMILES string of the molecule is COc1ccc([C@@H](C)NC(=O)CSc2ccc(F)cc2)cc1F. The molecule has 0 fully saturated rings. The van der Waals surface area contributed by atoms with Crippen molar-refractivity contribution in [2.24, 2.45) is 0 Å². The second kappa shape index (κ2) is 7.97. The molecular weight excluding hydrogens is 320 g/mol. The van der Waals surface area contributed by atoms with Gasteiger partial charge in [0.25, 0.3) is 0 Å². The molecule has 0 saturated carbocycles. The molecule has 23 heavy (non-hydrogen) atoms. The third-order valence-corrected chi connectivity index (χ3v) is 4.25. The third kappa shape index (κ3) is 4.96. The van der Waals surface area contributed by atoms with E-state index in [1.807, 2.05) is 0 Å². The largest absolute Gasteiger partial charge is 0.494 e. The number of hydrogen-bond acceptors (Lipinski definition) is 3. The number of halogens is 2. The van der Waals surface area contributed by atoms with Crippen LogP contribution < -0.4 is 10.1 Å². The van der Waals surface area contributed by atoms with E-state index in [0.717, 1.165) is 4.90 Å². The number of benzene rings is 2. The number of amides is 1. The van der Waals surface area contributed by atoms with Crippen molar-refractivity contribution < 1.29 is 18.3 Å². The molecule has 0 aliphatic heterocycles. The first-order valence-electron chi connectivity index (χ1n) is 7.00. The summed E-state index contributed by atoms with van der Waals surface area (Å²) in [4.78, 5) is 12.8. The Balaban J connectivity index is 1.89. The number of thioether (sulfide) groups is 1. The van der Waals surface area contributed by atoms with Gasteiger partial charge in [0.2, 0.25) is 5.91 Å². The van der Waals surface area contributed by atoms with E-state index in [1.165, 1.54) is 43.1 Å². The second-order valence-electron chi connectivity index (χ2n) is 4.93. The van der Waals surface area contributed by atoms with Gasteiger partial charge in [-0.3, -0.25) is 4.79 Å². The normalized spacial score (nSPS) is 11.8. The quantitative estimate of drug-likeness (QED) is 0.812. The maximum absolute atomic E-state index is 13.7. The lowest BCUT2D eigenvalue weighted by Gasteiger charge is -2.15. The Hall–Kier alpha value is -2.08. The minimum atomic E-state index is -0.466. The molecule has 122 valence electrons. The van der Waals surface area contributed by atoms with Crippen LogP contribution in [0.15, 0.2) is 47.4 Å². The molecule has 0 spiro atoms. The minimum Gasteiger partial charge on any atom is -0.494 e. The molecule has 0 aliphatic rings. The van der Waals surface area contributed by atoms with E-state index in [2.05, 4.69) is 5.32 Å². The molecule has 6 heteroatoms.